The van der Waals surface area contributed by atoms with Crippen LogP contribution in [-0.2, 0) is 4.79 Å². The molecule has 37 valence electrons. The minimum Gasteiger partial charge on any atom is -0.302 e. The lowest BCUT2D eigenvalue weighted by molar-refractivity contribution is -0.110. The summed E-state index contributed by atoms with van der Waals surface area (Å²) in [6.07, 6.45) is 4.31. The standard InChI is InChI=1S/C6H7O/c1-2-6(5-7)3-4-6/h1-2,5H,3-4H2. The Hall–Kier alpha value is -0.590. The van der Waals surface area contributed by atoms with Gasteiger partial charge in [0.2, 0.25) is 0 Å². The number of rotatable bonds is 2. The van der Waals surface area contributed by atoms with Gasteiger partial charge in [-0.15, -0.1) is 0 Å². The van der Waals surface area contributed by atoms with Gasteiger partial charge in [-0.3, -0.25) is 0 Å². The van der Waals surface area contributed by atoms with E-state index in [-0.39, 0.29) is 5.41 Å². The van der Waals surface area contributed by atoms with Crippen LogP contribution in [0.15, 0.2) is 6.08 Å². The molecular formula is C6H7O. The lowest BCUT2D eigenvalue weighted by Crippen LogP contribution is -1.93. The van der Waals surface area contributed by atoms with Crippen molar-refractivity contribution < 1.29 is 4.79 Å². The van der Waals surface area contributed by atoms with E-state index in [1.165, 1.54) is 6.08 Å². The van der Waals surface area contributed by atoms with E-state index < -0.39 is 0 Å². The van der Waals surface area contributed by atoms with Crippen LogP contribution >= 0.6 is 0 Å². The third kappa shape index (κ3) is 0.581. The van der Waals surface area contributed by atoms with Crippen molar-refractivity contribution in [3.63, 3.8) is 0 Å². The highest BCUT2D eigenvalue weighted by Gasteiger charge is 2.38. The Morgan fingerprint density at radius 1 is 1.57 bits per heavy atom. The van der Waals surface area contributed by atoms with Crippen molar-refractivity contribution in [3.05, 3.63) is 12.7 Å². The fourth-order valence-corrected chi connectivity index (χ4v) is 0.468. The molecule has 1 aliphatic carbocycles. The van der Waals surface area contributed by atoms with Crippen LogP contribution in [0.1, 0.15) is 12.8 Å². The molecule has 1 radical (unpaired) electrons. The molecule has 0 amide bonds. The van der Waals surface area contributed by atoms with Crippen LogP contribution in [0.2, 0.25) is 0 Å². The van der Waals surface area contributed by atoms with Gasteiger partial charge in [0, 0.05) is 5.41 Å². The lowest BCUT2D eigenvalue weighted by atomic mass is 10.1. The Morgan fingerprint density at radius 2 is 2.14 bits per heavy atom. The molecule has 1 aliphatic rings. The molecule has 1 heteroatoms. The topological polar surface area (TPSA) is 17.1 Å². The summed E-state index contributed by atoms with van der Waals surface area (Å²) in [6.45, 7) is 5.12. The summed E-state index contributed by atoms with van der Waals surface area (Å²) in [7, 11) is 0. The predicted molar refractivity (Wildman–Crippen MR) is 26.6 cm³/mol. The maximum absolute atomic E-state index is 10.0. The molecule has 0 N–H and O–H groups in total. The van der Waals surface area contributed by atoms with Crippen molar-refractivity contribution in [1.82, 2.24) is 0 Å². The summed E-state index contributed by atoms with van der Waals surface area (Å²) in [6, 6.07) is 0. The fraction of sp³-hybridized carbons (Fsp3) is 0.500. The van der Waals surface area contributed by atoms with Crippen LogP contribution in [0.25, 0.3) is 0 Å². The fourth-order valence-electron chi connectivity index (χ4n) is 0.468. The highest BCUT2D eigenvalue weighted by molar-refractivity contribution is 5.66. The summed E-state index contributed by atoms with van der Waals surface area (Å²) in [5.41, 5.74) is -0.194. The molecule has 0 unspecified atom stereocenters. The average molecular weight is 95.1 g/mol. The zero-order valence-corrected chi connectivity index (χ0v) is 4.05. The molecule has 0 aromatic heterocycles. The van der Waals surface area contributed by atoms with Crippen molar-refractivity contribution in [2.75, 3.05) is 0 Å². The monoisotopic (exact) mass is 95.0 g/mol. The van der Waals surface area contributed by atoms with Crippen LogP contribution < -0.4 is 0 Å². The van der Waals surface area contributed by atoms with Gasteiger partial charge in [0.15, 0.2) is 0 Å². The Morgan fingerprint density at radius 3 is 2.14 bits per heavy atom. The normalized spacial score (nSPS) is 23.4. The van der Waals surface area contributed by atoms with Gasteiger partial charge in [-0.1, -0.05) is 12.7 Å². The predicted octanol–water partition coefficient (Wildman–Crippen LogP) is 0.955. The first-order chi connectivity index (χ1) is 3.33. The summed E-state index contributed by atoms with van der Waals surface area (Å²) in [5.74, 6) is 0. The molecule has 0 aromatic rings. The molecule has 0 aliphatic heterocycles. The number of aldehydes is 1. The van der Waals surface area contributed by atoms with E-state index >= 15 is 0 Å². The van der Waals surface area contributed by atoms with Crippen LogP contribution in [0.4, 0.5) is 0 Å². The summed E-state index contributed by atoms with van der Waals surface area (Å²) < 4.78 is 0. The second-order valence-corrected chi connectivity index (χ2v) is 2.02. The maximum atomic E-state index is 10.0. The molecule has 7 heavy (non-hydrogen) atoms. The molecule has 1 rings (SSSR count). The van der Waals surface area contributed by atoms with Gasteiger partial charge in [0.25, 0.3) is 0 Å². The summed E-state index contributed by atoms with van der Waals surface area (Å²) in [4.78, 5) is 10.0. The highest BCUT2D eigenvalue weighted by Crippen LogP contribution is 2.43. The van der Waals surface area contributed by atoms with E-state index in [0.717, 1.165) is 19.1 Å². The third-order valence-corrected chi connectivity index (χ3v) is 1.39. The van der Waals surface area contributed by atoms with Crippen LogP contribution in [0.5, 0.6) is 0 Å². The van der Waals surface area contributed by atoms with Crippen molar-refractivity contribution in [2.24, 2.45) is 5.41 Å². The summed E-state index contributed by atoms with van der Waals surface area (Å²) >= 11 is 0. The third-order valence-electron chi connectivity index (χ3n) is 1.39. The molecule has 0 spiro atoms. The maximum Gasteiger partial charge on any atom is 0.129 e. The van der Waals surface area contributed by atoms with Gasteiger partial charge in [0.1, 0.15) is 6.29 Å². The highest BCUT2D eigenvalue weighted by atomic mass is 16.1. The van der Waals surface area contributed by atoms with Gasteiger partial charge < -0.3 is 4.79 Å². The van der Waals surface area contributed by atoms with Crippen molar-refractivity contribution in [2.45, 2.75) is 12.8 Å². The Labute approximate surface area is 43.0 Å². The van der Waals surface area contributed by atoms with Gasteiger partial charge >= 0.3 is 0 Å². The number of carbonyl (C=O) groups is 1. The molecule has 0 atom stereocenters. The first kappa shape index (κ1) is 4.57. The van der Waals surface area contributed by atoms with Gasteiger partial charge in [-0.25, -0.2) is 0 Å². The van der Waals surface area contributed by atoms with Gasteiger partial charge in [-0.2, -0.15) is 0 Å². The van der Waals surface area contributed by atoms with Crippen LogP contribution in [-0.4, -0.2) is 6.29 Å². The lowest BCUT2D eigenvalue weighted by Gasteiger charge is -1.89. The second kappa shape index (κ2) is 1.19. The number of hydrogen-bond acceptors (Lipinski definition) is 1. The smallest absolute Gasteiger partial charge is 0.129 e. The van der Waals surface area contributed by atoms with E-state index in [9.17, 15) is 4.79 Å². The molecule has 1 nitrogen and oxygen atoms in total. The Kier molecular flexibility index (Phi) is 0.775. The molecule has 0 saturated heterocycles. The molecular weight excluding hydrogens is 88.1 g/mol. The minimum absolute atomic E-state index is 0.194. The zero-order chi connectivity index (χ0) is 5.33. The zero-order valence-electron chi connectivity index (χ0n) is 4.05. The minimum atomic E-state index is -0.194. The second-order valence-electron chi connectivity index (χ2n) is 2.02. The van der Waals surface area contributed by atoms with Crippen molar-refractivity contribution in [1.29, 1.82) is 0 Å². The van der Waals surface area contributed by atoms with Crippen LogP contribution in [0.3, 0.4) is 0 Å². The van der Waals surface area contributed by atoms with Crippen molar-refractivity contribution >= 4 is 6.29 Å². The SMILES string of the molecule is [CH]=CC1(C=O)CC1. The van der Waals surface area contributed by atoms with E-state index in [4.69, 9.17) is 6.58 Å². The molecule has 1 fully saturated rings. The van der Waals surface area contributed by atoms with Gasteiger partial charge in [-0.05, 0) is 12.8 Å². The number of allylic oxidation sites excluding steroid dienone is 1. The molecule has 1 saturated carbocycles. The Balaban J connectivity index is 2.58. The van der Waals surface area contributed by atoms with Crippen LogP contribution in [0, 0.1) is 12.0 Å². The first-order valence-corrected chi connectivity index (χ1v) is 2.35. The Bertz CT molecular complexity index is 90.7. The number of carbonyl (C=O) groups excluding carboxylic acids is 1. The van der Waals surface area contributed by atoms with E-state index in [1.807, 2.05) is 0 Å². The molecule has 0 aromatic carbocycles. The number of hydrogen-bond donors (Lipinski definition) is 0. The van der Waals surface area contributed by atoms with E-state index in [0.29, 0.717) is 0 Å². The summed E-state index contributed by atoms with van der Waals surface area (Å²) in [5, 5.41) is 0. The van der Waals surface area contributed by atoms with E-state index in [1.54, 1.807) is 0 Å². The van der Waals surface area contributed by atoms with E-state index in [2.05, 4.69) is 0 Å². The molecule has 0 heterocycles. The largest absolute Gasteiger partial charge is 0.302 e. The average Bonchev–Trinajstić information content (AvgIpc) is 2.46. The quantitative estimate of drug-likeness (QED) is 0.467. The van der Waals surface area contributed by atoms with Crippen molar-refractivity contribution in [3.8, 4) is 0 Å². The first-order valence-electron chi connectivity index (χ1n) is 2.35. The van der Waals surface area contributed by atoms with Gasteiger partial charge in [0.05, 0.1) is 0 Å². The molecule has 0 bridgehead atoms.